The molecule has 0 aliphatic heterocycles. The molecule has 7 nitrogen and oxygen atoms in total. The number of hydrogen-bond donors (Lipinski definition) is 3. The van der Waals surface area contributed by atoms with Crippen LogP contribution in [0.5, 0.6) is 0 Å². The number of carbonyl (C=O) groups excluding carboxylic acids is 1. The van der Waals surface area contributed by atoms with Gasteiger partial charge < -0.3 is 5.32 Å². The highest BCUT2D eigenvalue weighted by Crippen LogP contribution is 2.16. The lowest BCUT2D eigenvalue weighted by Gasteiger charge is -2.08. The van der Waals surface area contributed by atoms with E-state index in [2.05, 4.69) is 15.0 Å². The van der Waals surface area contributed by atoms with Gasteiger partial charge in [0.25, 0.3) is 16.1 Å². The van der Waals surface area contributed by atoms with Crippen LogP contribution in [0, 0.1) is 6.92 Å². The molecule has 0 aliphatic carbocycles. The molecule has 0 spiro atoms. The van der Waals surface area contributed by atoms with Crippen LogP contribution in [0.15, 0.2) is 42.7 Å². The Hall–Kier alpha value is -2.45. The van der Waals surface area contributed by atoms with Crippen LogP contribution in [0.4, 0.5) is 11.4 Å². The standard InChI is InChI=1S/C13H14N4O3S/c1-9-5-10(8-15-7-9)13(18)16-11-3-2-4-12(6-11)17-21(14,19)20/h2-8,17H,1H3,(H,16,18)(H2,14,19,20). The summed E-state index contributed by atoms with van der Waals surface area (Å²) in [5, 5.41) is 7.55. The fraction of sp³-hybridized carbons (Fsp3) is 0.0769. The summed E-state index contributed by atoms with van der Waals surface area (Å²) >= 11 is 0. The van der Waals surface area contributed by atoms with Crippen LogP contribution in [-0.2, 0) is 10.2 Å². The highest BCUT2D eigenvalue weighted by Gasteiger charge is 2.08. The molecule has 1 heterocycles. The van der Waals surface area contributed by atoms with E-state index in [0.29, 0.717) is 11.3 Å². The van der Waals surface area contributed by atoms with Crippen LogP contribution in [0.25, 0.3) is 0 Å². The smallest absolute Gasteiger partial charge is 0.296 e. The van der Waals surface area contributed by atoms with Gasteiger partial charge in [0, 0.05) is 18.1 Å². The maximum atomic E-state index is 12.0. The van der Waals surface area contributed by atoms with Gasteiger partial charge in [-0.1, -0.05) is 6.07 Å². The molecule has 0 unspecified atom stereocenters. The zero-order valence-corrected chi connectivity index (χ0v) is 12.0. The predicted molar refractivity (Wildman–Crippen MR) is 80.1 cm³/mol. The highest BCUT2D eigenvalue weighted by molar-refractivity contribution is 7.90. The van der Waals surface area contributed by atoms with Crippen molar-refractivity contribution in [2.75, 3.05) is 10.0 Å². The van der Waals surface area contributed by atoms with Gasteiger partial charge in [0.05, 0.1) is 11.3 Å². The molecule has 2 aromatic rings. The third kappa shape index (κ3) is 4.55. The van der Waals surface area contributed by atoms with E-state index < -0.39 is 10.2 Å². The van der Waals surface area contributed by atoms with Crippen LogP contribution in [0.2, 0.25) is 0 Å². The Bertz CT molecular complexity index is 774. The van der Waals surface area contributed by atoms with E-state index in [1.54, 1.807) is 24.4 Å². The van der Waals surface area contributed by atoms with Gasteiger partial charge in [0.15, 0.2) is 0 Å². The number of aryl methyl sites for hydroxylation is 1. The minimum absolute atomic E-state index is 0.262. The van der Waals surface area contributed by atoms with Crippen molar-refractivity contribution in [2.24, 2.45) is 5.14 Å². The Labute approximate surface area is 122 Å². The Kier molecular flexibility index (Phi) is 4.20. The van der Waals surface area contributed by atoms with E-state index in [9.17, 15) is 13.2 Å². The number of carbonyl (C=O) groups is 1. The summed E-state index contributed by atoms with van der Waals surface area (Å²) in [6.07, 6.45) is 3.10. The van der Waals surface area contributed by atoms with Crippen LogP contribution in [0.1, 0.15) is 15.9 Å². The van der Waals surface area contributed by atoms with Crippen molar-refractivity contribution in [3.05, 3.63) is 53.9 Å². The number of pyridine rings is 1. The van der Waals surface area contributed by atoms with Gasteiger partial charge in [-0.15, -0.1) is 0 Å². The van der Waals surface area contributed by atoms with Crippen molar-refractivity contribution in [1.82, 2.24) is 4.98 Å². The predicted octanol–water partition coefficient (Wildman–Crippen LogP) is 1.26. The van der Waals surface area contributed by atoms with Crippen molar-refractivity contribution >= 4 is 27.5 Å². The molecule has 0 atom stereocenters. The second-order valence-corrected chi connectivity index (χ2v) is 5.73. The highest BCUT2D eigenvalue weighted by atomic mass is 32.2. The molecule has 8 heteroatoms. The second kappa shape index (κ2) is 5.90. The van der Waals surface area contributed by atoms with E-state index in [1.165, 1.54) is 18.3 Å². The van der Waals surface area contributed by atoms with Crippen molar-refractivity contribution in [1.29, 1.82) is 0 Å². The summed E-state index contributed by atoms with van der Waals surface area (Å²) in [6, 6.07) is 7.92. The van der Waals surface area contributed by atoms with E-state index in [4.69, 9.17) is 5.14 Å². The van der Waals surface area contributed by atoms with Gasteiger partial charge >= 0.3 is 0 Å². The van der Waals surface area contributed by atoms with Crippen LogP contribution in [-0.4, -0.2) is 19.3 Å². The molecule has 2 rings (SSSR count). The summed E-state index contributed by atoms with van der Waals surface area (Å²) in [7, 11) is -3.85. The Morgan fingerprint density at radius 1 is 1.19 bits per heavy atom. The van der Waals surface area contributed by atoms with Gasteiger partial charge in [-0.25, -0.2) is 5.14 Å². The average Bonchev–Trinajstić information content (AvgIpc) is 2.37. The molecule has 0 saturated carbocycles. The summed E-state index contributed by atoms with van der Waals surface area (Å²) < 4.78 is 24.1. The largest absolute Gasteiger partial charge is 0.322 e. The molecular formula is C13H14N4O3S. The second-order valence-electron chi connectivity index (χ2n) is 4.43. The monoisotopic (exact) mass is 306 g/mol. The van der Waals surface area contributed by atoms with E-state index in [1.807, 2.05) is 6.92 Å². The molecular weight excluding hydrogens is 292 g/mol. The maximum Gasteiger partial charge on any atom is 0.296 e. The molecule has 0 bridgehead atoms. The van der Waals surface area contributed by atoms with E-state index >= 15 is 0 Å². The number of nitrogens with zero attached hydrogens (tertiary/aromatic N) is 1. The minimum Gasteiger partial charge on any atom is -0.322 e. The summed E-state index contributed by atoms with van der Waals surface area (Å²) in [5.74, 6) is -0.334. The number of hydrogen-bond acceptors (Lipinski definition) is 4. The van der Waals surface area contributed by atoms with Crippen molar-refractivity contribution in [2.45, 2.75) is 6.92 Å². The normalized spacial score (nSPS) is 11.0. The van der Waals surface area contributed by atoms with E-state index in [-0.39, 0.29) is 11.6 Å². The fourth-order valence-corrected chi connectivity index (χ4v) is 2.16. The van der Waals surface area contributed by atoms with Crippen LogP contribution < -0.4 is 15.2 Å². The number of rotatable bonds is 4. The number of nitrogens with two attached hydrogens (primary N) is 1. The van der Waals surface area contributed by atoms with Gasteiger partial charge in [0.1, 0.15) is 0 Å². The molecule has 110 valence electrons. The van der Waals surface area contributed by atoms with Crippen molar-refractivity contribution in [3.63, 3.8) is 0 Å². The zero-order chi connectivity index (χ0) is 15.5. The van der Waals surface area contributed by atoms with Gasteiger partial charge in [0.2, 0.25) is 0 Å². The van der Waals surface area contributed by atoms with E-state index in [0.717, 1.165) is 5.56 Å². The first-order chi connectivity index (χ1) is 9.83. The summed E-state index contributed by atoms with van der Waals surface area (Å²) in [6.45, 7) is 1.83. The number of anilines is 2. The van der Waals surface area contributed by atoms with Crippen LogP contribution in [0.3, 0.4) is 0 Å². The third-order valence-corrected chi connectivity index (χ3v) is 3.04. The molecule has 1 amide bonds. The molecule has 4 N–H and O–H groups in total. The number of aromatic nitrogens is 1. The topological polar surface area (TPSA) is 114 Å². The molecule has 0 aliphatic rings. The first-order valence-electron chi connectivity index (χ1n) is 5.97. The van der Waals surface area contributed by atoms with Gasteiger partial charge in [-0.05, 0) is 36.8 Å². The van der Waals surface area contributed by atoms with Crippen LogP contribution >= 0.6 is 0 Å². The maximum absolute atomic E-state index is 12.0. The average molecular weight is 306 g/mol. The molecule has 0 fully saturated rings. The molecule has 1 aromatic carbocycles. The minimum atomic E-state index is -3.85. The SMILES string of the molecule is Cc1cncc(C(=O)Nc2cccc(NS(N)(=O)=O)c2)c1. The zero-order valence-electron chi connectivity index (χ0n) is 11.2. The first-order valence-corrected chi connectivity index (χ1v) is 7.52. The molecule has 0 saturated heterocycles. The Morgan fingerprint density at radius 3 is 2.57 bits per heavy atom. The van der Waals surface area contributed by atoms with Gasteiger partial charge in [-0.3, -0.25) is 14.5 Å². The summed E-state index contributed by atoms with van der Waals surface area (Å²) in [4.78, 5) is 16.0. The lowest BCUT2D eigenvalue weighted by Crippen LogP contribution is -2.21. The van der Waals surface area contributed by atoms with Gasteiger partial charge in [-0.2, -0.15) is 8.42 Å². The number of amides is 1. The Balaban J connectivity index is 2.16. The first kappa shape index (κ1) is 14.9. The fourth-order valence-electron chi connectivity index (χ4n) is 1.71. The molecule has 0 radical (unpaired) electrons. The van der Waals surface area contributed by atoms with Crippen molar-refractivity contribution < 1.29 is 13.2 Å². The summed E-state index contributed by atoms with van der Waals surface area (Å²) in [5.41, 5.74) is 1.99. The number of nitrogens with one attached hydrogen (secondary N) is 2. The third-order valence-electron chi connectivity index (χ3n) is 2.52. The number of benzene rings is 1. The lowest BCUT2D eigenvalue weighted by molar-refractivity contribution is 0.102. The lowest BCUT2D eigenvalue weighted by atomic mass is 10.2. The quantitative estimate of drug-likeness (QED) is 0.788. The van der Waals surface area contributed by atoms with Crippen molar-refractivity contribution in [3.8, 4) is 0 Å². The molecule has 1 aromatic heterocycles. The Morgan fingerprint density at radius 2 is 1.90 bits per heavy atom. The molecule has 21 heavy (non-hydrogen) atoms.